The highest BCUT2D eigenvalue weighted by atomic mass is 35.5. The van der Waals surface area contributed by atoms with Crippen LogP contribution < -0.4 is 10.0 Å². The van der Waals surface area contributed by atoms with Gasteiger partial charge in [0.15, 0.2) is 0 Å². The van der Waals surface area contributed by atoms with Crippen molar-refractivity contribution in [2.45, 2.75) is 25.5 Å². The third kappa shape index (κ3) is 4.63. The predicted octanol–water partition coefficient (Wildman–Crippen LogP) is 2.61. The van der Waals surface area contributed by atoms with Crippen LogP contribution in [0.25, 0.3) is 0 Å². The van der Waals surface area contributed by atoms with E-state index in [4.69, 9.17) is 11.6 Å². The molecule has 0 spiro atoms. The highest BCUT2D eigenvalue weighted by Crippen LogP contribution is 2.26. The van der Waals surface area contributed by atoms with E-state index in [0.717, 1.165) is 19.0 Å². The normalized spacial score (nSPS) is 13.3. The van der Waals surface area contributed by atoms with Gasteiger partial charge in [-0.25, -0.2) is 12.8 Å². The maximum Gasteiger partial charge on any atom is 0.236 e. The first-order valence-corrected chi connectivity index (χ1v) is 7.97. The van der Waals surface area contributed by atoms with E-state index < -0.39 is 21.1 Å². The Kier molecular flexibility index (Phi) is 6.03. The Labute approximate surface area is 118 Å². The van der Waals surface area contributed by atoms with E-state index >= 15 is 0 Å². The number of hydrogen-bond acceptors (Lipinski definition) is 3. The van der Waals surface area contributed by atoms with Crippen LogP contribution in [0.4, 0.5) is 10.1 Å². The number of nitrogens with one attached hydrogen (secondary N) is 2. The summed E-state index contributed by atoms with van der Waals surface area (Å²) in [4.78, 5) is 0. The fourth-order valence-electron chi connectivity index (χ4n) is 1.43. The van der Waals surface area contributed by atoms with Gasteiger partial charge in [0.05, 0.1) is 10.3 Å². The van der Waals surface area contributed by atoms with Crippen LogP contribution in [0.5, 0.6) is 0 Å². The van der Waals surface area contributed by atoms with Crippen LogP contribution in [0, 0.1) is 5.82 Å². The van der Waals surface area contributed by atoms with E-state index in [0.29, 0.717) is 6.54 Å². The lowest BCUT2D eigenvalue weighted by molar-refractivity contribution is 0.574. The summed E-state index contributed by atoms with van der Waals surface area (Å²) in [5, 5.41) is 2.36. The van der Waals surface area contributed by atoms with Crippen molar-refractivity contribution >= 4 is 27.3 Å². The largest absolute Gasteiger partial charge is 0.315 e. The molecule has 1 unspecified atom stereocenters. The molecule has 0 bridgehead atoms. The lowest BCUT2D eigenvalue weighted by Gasteiger charge is -2.16. The van der Waals surface area contributed by atoms with Crippen molar-refractivity contribution in [3.05, 3.63) is 29.0 Å². The minimum Gasteiger partial charge on any atom is -0.315 e. The zero-order valence-corrected chi connectivity index (χ0v) is 12.5. The Morgan fingerprint density at radius 1 is 1.42 bits per heavy atom. The van der Waals surface area contributed by atoms with Gasteiger partial charge < -0.3 is 5.32 Å². The first-order valence-electron chi connectivity index (χ1n) is 6.04. The molecule has 0 fully saturated rings. The Morgan fingerprint density at radius 3 is 2.68 bits per heavy atom. The van der Waals surface area contributed by atoms with Gasteiger partial charge in [-0.3, -0.25) is 4.72 Å². The molecule has 2 N–H and O–H groups in total. The monoisotopic (exact) mass is 308 g/mol. The van der Waals surface area contributed by atoms with Crippen molar-refractivity contribution in [3.63, 3.8) is 0 Å². The van der Waals surface area contributed by atoms with Crippen LogP contribution in [0.1, 0.15) is 20.3 Å². The van der Waals surface area contributed by atoms with Crippen LogP contribution >= 0.6 is 11.6 Å². The second-order valence-electron chi connectivity index (χ2n) is 4.26. The summed E-state index contributed by atoms with van der Waals surface area (Å²) in [6.07, 6.45) is 0.916. The fraction of sp³-hybridized carbons (Fsp3) is 0.500. The molecule has 0 aliphatic carbocycles. The molecule has 19 heavy (non-hydrogen) atoms. The Balaban J connectivity index is 2.79. The van der Waals surface area contributed by atoms with Crippen LogP contribution in [0.2, 0.25) is 5.02 Å². The van der Waals surface area contributed by atoms with Crippen LogP contribution in [0.15, 0.2) is 18.2 Å². The molecule has 0 saturated carbocycles. The van der Waals surface area contributed by atoms with Crippen molar-refractivity contribution in [3.8, 4) is 0 Å². The maximum atomic E-state index is 13.5. The first kappa shape index (κ1) is 16.2. The number of benzene rings is 1. The summed E-state index contributed by atoms with van der Waals surface area (Å²) in [5.41, 5.74) is -0.202. The van der Waals surface area contributed by atoms with E-state index in [-0.39, 0.29) is 10.7 Å². The number of anilines is 1. The van der Waals surface area contributed by atoms with E-state index in [1.54, 1.807) is 6.92 Å². The molecule has 1 atom stereocenters. The summed E-state index contributed by atoms with van der Waals surface area (Å²) in [6, 6.07) is 4.01. The van der Waals surface area contributed by atoms with Gasteiger partial charge in [0, 0.05) is 6.54 Å². The van der Waals surface area contributed by atoms with Crippen molar-refractivity contribution in [1.82, 2.24) is 5.32 Å². The van der Waals surface area contributed by atoms with Crippen LogP contribution in [-0.2, 0) is 10.0 Å². The smallest absolute Gasteiger partial charge is 0.236 e. The second kappa shape index (κ2) is 7.07. The zero-order chi connectivity index (χ0) is 14.5. The zero-order valence-electron chi connectivity index (χ0n) is 10.9. The summed E-state index contributed by atoms with van der Waals surface area (Å²) in [5.74, 6) is -0.690. The highest BCUT2D eigenvalue weighted by Gasteiger charge is 2.22. The predicted molar refractivity (Wildman–Crippen MR) is 76.6 cm³/mol. The lowest BCUT2D eigenvalue weighted by Crippen LogP contribution is -2.35. The molecule has 1 rings (SSSR count). The highest BCUT2D eigenvalue weighted by molar-refractivity contribution is 7.93. The van der Waals surface area contributed by atoms with Gasteiger partial charge in [-0.1, -0.05) is 24.6 Å². The maximum absolute atomic E-state index is 13.5. The van der Waals surface area contributed by atoms with Crippen molar-refractivity contribution < 1.29 is 12.8 Å². The average molecular weight is 309 g/mol. The first-order chi connectivity index (χ1) is 8.88. The molecule has 0 saturated heterocycles. The molecule has 1 aromatic carbocycles. The van der Waals surface area contributed by atoms with Gasteiger partial charge in [-0.05, 0) is 32.0 Å². The second-order valence-corrected chi connectivity index (χ2v) is 6.76. The summed E-state index contributed by atoms with van der Waals surface area (Å²) < 4.78 is 39.8. The molecule has 0 aliphatic heterocycles. The molecule has 0 radical (unpaired) electrons. The van der Waals surface area contributed by atoms with Gasteiger partial charge >= 0.3 is 0 Å². The lowest BCUT2D eigenvalue weighted by atomic mass is 10.3. The number of halogens is 2. The molecule has 1 aromatic rings. The molecule has 0 aliphatic rings. The SMILES string of the molecule is CCCNCC(C)S(=O)(=O)Nc1c(F)cccc1Cl. The molecule has 0 heterocycles. The summed E-state index contributed by atoms with van der Waals surface area (Å²) in [7, 11) is -3.68. The Bertz CT molecular complexity index is 502. The third-order valence-electron chi connectivity index (χ3n) is 2.60. The van der Waals surface area contributed by atoms with E-state index in [1.807, 2.05) is 6.92 Å². The fourth-order valence-corrected chi connectivity index (χ4v) is 2.73. The third-order valence-corrected chi connectivity index (χ3v) is 4.63. The van der Waals surface area contributed by atoms with E-state index in [1.165, 1.54) is 12.1 Å². The average Bonchev–Trinajstić information content (AvgIpc) is 2.34. The molecule has 7 heteroatoms. The molecular formula is C12H18ClFN2O2S. The number of sulfonamides is 1. The quantitative estimate of drug-likeness (QED) is 0.761. The van der Waals surface area contributed by atoms with Gasteiger partial charge in [-0.15, -0.1) is 0 Å². The minimum absolute atomic E-state index is 0.0392. The Hall–Kier alpha value is -0.850. The molecular weight excluding hydrogens is 291 g/mol. The number of rotatable bonds is 7. The number of hydrogen-bond donors (Lipinski definition) is 2. The van der Waals surface area contributed by atoms with Crippen molar-refractivity contribution in [1.29, 1.82) is 0 Å². The van der Waals surface area contributed by atoms with E-state index in [9.17, 15) is 12.8 Å². The standard InChI is InChI=1S/C12H18ClFN2O2S/c1-3-7-15-8-9(2)19(17,18)16-12-10(13)5-4-6-11(12)14/h4-6,9,15-16H,3,7-8H2,1-2H3. The van der Waals surface area contributed by atoms with Crippen LogP contribution in [0.3, 0.4) is 0 Å². The molecule has 0 aromatic heterocycles. The van der Waals surface area contributed by atoms with Crippen LogP contribution in [-0.4, -0.2) is 26.8 Å². The Morgan fingerprint density at radius 2 is 2.11 bits per heavy atom. The van der Waals surface area contributed by atoms with E-state index in [2.05, 4.69) is 10.0 Å². The van der Waals surface area contributed by atoms with Crippen molar-refractivity contribution in [2.75, 3.05) is 17.8 Å². The molecule has 4 nitrogen and oxygen atoms in total. The van der Waals surface area contributed by atoms with Gasteiger partial charge in [-0.2, -0.15) is 0 Å². The van der Waals surface area contributed by atoms with Gasteiger partial charge in [0.25, 0.3) is 0 Å². The number of para-hydroxylation sites is 1. The van der Waals surface area contributed by atoms with Gasteiger partial charge in [0.1, 0.15) is 11.5 Å². The van der Waals surface area contributed by atoms with Crippen molar-refractivity contribution in [2.24, 2.45) is 0 Å². The summed E-state index contributed by atoms with van der Waals surface area (Å²) in [6.45, 7) is 4.58. The molecule has 0 amide bonds. The van der Waals surface area contributed by atoms with Gasteiger partial charge in [0.2, 0.25) is 10.0 Å². The minimum atomic E-state index is -3.68. The topological polar surface area (TPSA) is 58.2 Å². The molecule has 108 valence electrons. The summed E-state index contributed by atoms with van der Waals surface area (Å²) >= 11 is 5.78.